The molecule has 0 aromatic heterocycles. The molecule has 6 nitrogen and oxygen atoms in total. The van der Waals surface area contributed by atoms with Crippen LogP contribution >= 0.6 is 0 Å². The van der Waals surface area contributed by atoms with Crippen molar-refractivity contribution in [2.75, 3.05) is 19.8 Å². The van der Waals surface area contributed by atoms with E-state index < -0.39 is 12.0 Å². The molecule has 3 rings (SSSR count). The van der Waals surface area contributed by atoms with Gasteiger partial charge in [-0.05, 0) is 48.9 Å². The van der Waals surface area contributed by atoms with Crippen molar-refractivity contribution in [1.82, 2.24) is 5.32 Å². The number of ether oxygens (including phenoxy) is 3. The molecule has 0 aliphatic rings. The zero-order valence-electron chi connectivity index (χ0n) is 18.0. The largest absolute Gasteiger partial charge is 0.490 e. The van der Waals surface area contributed by atoms with Gasteiger partial charge in [0.05, 0.1) is 6.61 Å². The third-order valence-corrected chi connectivity index (χ3v) is 4.64. The first-order valence-electron chi connectivity index (χ1n) is 10.6. The summed E-state index contributed by atoms with van der Waals surface area (Å²) in [6, 6.07) is 25.0. The van der Waals surface area contributed by atoms with Crippen molar-refractivity contribution >= 4 is 11.9 Å². The summed E-state index contributed by atoms with van der Waals surface area (Å²) in [5.41, 5.74) is 1.37. The number of carbonyl (C=O) groups excluding carboxylic acids is 2. The zero-order valence-corrected chi connectivity index (χ0v) is 18.0. The number of nitrogens with one attached hydrogen (secondary N) is 1. The van der Waals surface area contributed by atoms with Crippen LogP contribution in [0, 0.1) is 0 Å². The fraction of sp³-hybridized carbons (Fsp3) is 0.231. The third-order valence-electron chi connectivity index (χ3n) is 4.64. The summed E-state index contributed by atoms with van der Waals surface area (Å²) in [4.78, 5) is 25.1. The molecule has 1 amide bonds. The lowest BCUT2D eigenvalue weighted by Crippen LogP contribution is -2.43. The summed E-state index contributed by atoms with van der Waals surface area (Å²) >= 11 is 0. The average Bonchev–Trinajstić information content (AvgIpc) is 2.83. The van der Waals surface area contributed by atoms with E-state index in [-0.39, 0.29) is 12.5 Å². The van der Waals surface area contributed by atoms with E-state index in [1.807, 2.05) is 60.7 Å². The van der Waals surface area contributed by atoms with E-state index in [0.29, 0.717) is 30.9 Å². The first-order valence-corrected chi connectivity index (χ1v) is 10.6. The van der Waals surface area contributed by atoms with Crippen LogP contribution in [0.5, 0.6) is 11.5 Å². The van der Waals surface area contributed by atoms with Gasteiger partial charge in [-0.1, -0.05) is 48.5 Å². The minimum atomic E-state index is -0.768. The Morgan fingerprint density at radius 1 is 0.781 bits per heavy atom. The summed E-state index contributed by atoms with van der Waals surface area (Å²) in [7, 11) is 0. The molecule has 0 bridgehead atoms. The van der Waals surface area contributed by atoms with E-state index in [0.717, 1.165) is 11.3 Å². The molecule has 0 heterocycles. The van der Waals surface area contributed by atoms with Gasteiger partial charge in [-0.3, -0.25) is 4.79 Å². The van der Waals surface area contributed by atoms with Crippen molar-refractivity contribution in [2.24, 2.45) is 0 Å². The predicted octanol–water partition coefficient (Wildman–Crippen LogP) is 4.05. The summed E-state index contributed by atoms with van der Waals surface area (Å²) in [6.07, 6.45) is 0.355. The Morgan fingerprint density at radius 2 is 1.34 bits per heavy atom. The van der Waals surface area contributed by atoms with Crippen molar-refractivity contribution < 1.29 is 23.8 Å². The van der Waals surface area contributed by atoms with Gasteiger partial charge in [-0.15, -0.1) is 0 Å². The molecule has 0 fully saturated rings. The smallest absolute Gasteiger partial charge is 0.328 e. The second-order valence-electron chi connectivity index (χ2n) is 7.00. The SMILES string of the molecule is CCOC(=O)C(Cc1ccccc1)NC(=O)c1ccc(OCCOc2ccccc2)cc1. The fourth-order valence-corrected chi connectivity index (χ4v) is 3.07. The van der Waals surface area contributed by atoms with Crippen LogP contribution in [0.15, 0.2) is 84.9 Å². The Balaban J connectivity index is 1.52. The van der Waals surface area contributed by atoms with Gasteiger partial charge in [-0.2, -0.15) is 0 Å². The molecular weight excluding hydrogens is 406 g/mol. The molecule has 0 aliphatic carbocycles. The van der Waals surface area contributed by atoms with Crippen LogP contribution < -0.4 is 14.8 Å². The number of amides is 1. The predicted molar refractivity (Wildman–Crippen MR) is 122 cm³/mol. The molecule has 1 atom stereocenters. The molecule has 166 valence electrons. The van der Waals surface area contributed by atoms with Crippen LogP contribution in [-0.2, 0) is 16.0 Å². The van der Waals surface area contributed by atoms with Crippen LogP contribution in [0.25, 0.3) is 0 Å². The topological polar surface area (TPSA) is 73.9 Å². The summed E-state index contributed by atoms with van der Waals surface area (Å²) in [5, 5.41) is 2.78. The number of carbonyl (C=O) groups is 2. The first-order chi connectivity index (χ1) is 15.7. The van der Waals surface area contributed by atoms with E-state index in [2.05, 4.69) is 5.32 Å². The van der Waals surface area contributed by atoms with Gasteiger partial charge in [-0.25, -0.2) is 4.79 Å². The number of hydrogen-bond donors (Lipinski definition) is 1. The number of para-hydroxylation sites is 1. The van der Waals surface area contributed by atoms with Gasteiger partial charge < -0.3 is 19.5 Å². The molecule has 0 radical (unpaired) electrons. The van der Waals surface area contributed by atoms with Gasteiger partial charge in [0.15, 0.2) is 0 Å². The monoisotopic (exact) mass is 433 g/mol. The van der Waals surface area contributed by atoms with Gasteiger partial charge in [0, 0.05) is 12.0 Å². The minimum Gasteiger partial charge on any atom is -0.490 e. The lowest BCUT2D eigenvalue weighted by molar-refractivity contribution is -0.145. The number of rotatable bonds is 11. The molecule has 3 aromatic carbocycles. The van der Waals surface area contributed by atoms with E-state index in [1.54, 1.807) is 31.2 Å². The fourth-order valence-electron chi connectivity index (χ4n) is 3.07. The van der Waals surface area contributed by atoms with Gasteiger partial charge in [0.1, 0.15) is 30.8 Å². The lowest BCUT2D eigenvalue weighted by Gasteiger charge is -2.17. The highest BCUT2D eigenvalue weighted by molar-refractivity contribution is 5.96. The van der Waals surface area contributed by atoms with E-state index in [9.17, 15) is 9.59 Å². The zero-order chi connectivity index (χ0) is 22.6. The van der Waals surface area contributed by atoms with Crippen molar-refractivity contribution in [1.29, 1.82) is 0 Å². The minimum absolute atomic E-state index is 0.250. The van der Waals surface area contributed by atoms with Crippen LogP contribution in [0.3, 0.4) is 0 Å². The molecule has 32 heavy (non-hydrogen) atoms. The van der Waals surface area contributed by atoms with Crippen molar-refractivity contribution in [2.45, 2.75) is 19.4 Å². The van der Waals surface area contributed by atoms with Crippen LogP contribution in [0.4, 0.5) is 0 Å². The highest BCUT2D eigenvalue weighted by Crippen LogP contribution is 2.14. The van der Waals surface area contributed by atoms with Gasteiger partial charge in [0.2, 0.25) is 0 Å². The van der Waals surface area contributed by atoms with Crippen LogP contribution in [0.1, 0.15) is 22.8 Å². The number of hydrogen-bond acceptors (Lipinski definition) is 5. The molecule has 0 saturated heterocycles. The third kappa shape index (κ3) is 7.16. The summed E-state index contributed by atoms with van der Waals surface area (Å²) in [5.74, 6) is 0.611. The highest BCUT2D eigenvalue weighted by Gasteiger charge is 2.23. The van der Waals surface area contributed by atoms with Gasteiger partial charge in [0.25, 0.3) is 5.91 Å². The quantitative estimate of drug-likeness (QED) is 0.365. The van der Waals surface area contributed by atoms with Crippen LogP contribution in [0.2, 0.25) is 0 Å². The molecule has 1 unspecified atom stereocenters. The molecule has 0 spiro atoms. The Kier molecular flexibility index (Phi) is 8.69. The first kappa shape index (κ1) is 22.9. The van der Waals surface area contributed by atoms with Crippen LogP contribution in [-0.4, -0.2) is 37.7 Å². The molecule has 6 heteroatoms. The van der Waals surface area contributed by atoms with Gasteiger partial charge >= 0.3 is 5.97 Å². The highest BCUT2D eigenvalue weighted by atomic mass is 16.5. The lowest BCUT2D eigenvalue weighted by atomic mass is 10.1. The molecule has 0 saturated carbocycles. The Labute approximate surface area is 188 Å². The average molecular weight is 434 g/mol. The maximum atomic E-state index is 12.7. The standard InChI is InChI=1S/C26H27NO5/c1-2-30-26(29)24(19-20-9-5-3-6-10-20)27-25(28)21-13-15-23(16-14-21)32-18-17-31-22-11-7-4-8-12-22/h3-16,24H,2,17-19H2,1H3,(H,27,28). The van der Waals surface area contributed by atoms with E-state index >= 15 is 0 Å². The molecule has 1 N–H and O–H groups in total. The van der Waals surface area contributed by atoms with E-state index in [4.69, 9.17) is 14.2 Å². The molecular formula is C26H27NO5. The Morgan fingerprint density at radius 3 is 1.94 bits per heavy atom. The van der Waals surface area contributed by atoms with Crippen molar-refractivity contribution in [3.05, 3.63) is 96.1 Å². The second-order valence-corrected chi connectivity index (χ2v) is 7.00. The number of esters is 1. The maximum Gasteiger partial charge on any atom is 0.328 e. The Bertz CT molecular complexity index is 974. The van der Waals surface area contributed by atoms with E-state index in [1.165, 1.54) is 0 Å². The number of benzene rings is 3. The van der Waals surface area contributed by atoms with Crippen molar-refractivity contribution in [3.63, 3.8) is 0 Å². The summed E-state index contributed by atoms with van der Waals surface area (Å²) < 4.78 is 16.4. The Hall–Kier alpha value is -3.80. The molecule has 0 aliphatic heterocycles. The van der Waals surface area contributed by atoms with Crippen molar-refractivity contribution in [3.8, 4) is 11.5 Å². The second kappa shape index (κ2) is 12.2. The maximum absolute atomic E-state index is 12.7. The summed E-state index contributed by atoms with van der Waals surface area (Å²) in [6.45, 7) is 2.78. The normalized spacial score (nSPS) is 11.3. The molecule has 3 aromatic rings.